The molecule has 5 rings (SSSR count). The van der Waals surface area contributed by atoms with Gasteiger partial charge in [0.25, 0.3) is 5.91 Å². The molecule has 2 N–H and O–H groups in total. The number of benzene rings is 3. The average molecular weight is 446 g/mol. The van der Waals surface area contributed by atoms with E-state index >= 15 is 0 Å². The molecule has 0 aliphatic carbocycles. The molecule has 0 saturated carbocycles. The number of anilines is 1. The second-order valence-corrected chi connectivity index (χ2v) is 6.99. The van der Waals surface area contributed by atoms with Gasteiger partial charge in [-0.25, -0.2) is 4.98 Å². The maximum absolute atomic E-state index is 12.6. The highest BCUT2D eigenvalue weighted by Gasteiger charge is 2.16. The van der Waals surface area contributed by atoms with Crippen LogP contribution in [-0.4, -0.2) is 37.3 Å². The number of imidazole rings is 1. The number of alkyl halides is 2. The third-order valence-corrected chi connectivity index (χ3v) is 4.93. The summed E-state index contributed by atoms with van der Waals surface area (Å²) in [6, 6.07) is 20.9. The molecule has 0 aliphatic rings. The van der Waals surface area contributed by atoms with E-state index in [4.69, 9.17) is 0 Å². The van der Waals surface area contributed by atoms with E-state index in [1.54, 1.807) is 36.7 Å². The third kappa shape index (κ3) is 4.13. The highest BCUT2D eigenvalue weighted by Crippen LogP contribution is 2.29. The Bertz CT molecular complexity index is 1430. The lowest BCUT2D eigenvalue weighted by Crippen LogP contribution is -2.13. The van der Waals surface area contributed by atoms with Gasteiger partial charge in [-0.15, -0.1) is 5.10 Å². The fourth-order valence-electron chi connectivity index (χ4n) is 3.41. The molecule has 0 fully saturated rings. The highest BCUT2D eigenvalue weighted by atomic mass is 19.3. The quantitative estimate of drug-likeness (QED) is 0.395. The van der Waals surface area contributed by atoms with E-state index in [-0.39, 0.29) is 17.5 Å². The number of carbonyl (C=O) groups is 1. The number of para-hydroxylation sites is 3. The molecule has 33 heavy (non-hydrogen) atoms. The number of nitrogens with zero attached hydrogens (tertiary/aromatic N) is 4. The fourth-order valence-corrected chi connectivity index (χ4v) is 3.41. The van der Waals surface area contributed by atoms with E-state index in [0.717, 1.165) is 16.7 Å². The van der Waals surface area contributed by atoms with Gasteiger partial charge in [-0.2, -0.15) is 13.8 Å². The standard InChI is InChI=1S/C23H16F2N6O2/c24-22(25)33-19-8-4-1-5-16(19)20-27-23(30-29-20)28-21(32)14-9-11-15(12-10-14)31-13-26-17-6-2-3-7-18(17)31/h1-13,22H,(H2,27,28,29,30,32). The third-order valence-electron chi connectivity index (χ3n) is 4.93. The van der Waals surface area contributed by atoms with Crippen LogP contribution in [0.1, 0.15) is 10.4 Å². The molecule has 0 bridgehead atoms. The van der Waals surface area contributed by atoms with Crippen molar-refractivity contribution in [1.82, 2.24) is 24.7 Å². The highest BCUT2D eigenvalue weighted by molar-refractivity contribution is 6.03. The van der Waals surface area contributed by atoms with Crippen LogP contribution in [0.15, 0.2) is 79.1 Å². The molecule has 10 heteroatoms. The second kappa shape index (κ2) is 8.50. The van der Waals surface area contributed by atoms with Crippen molar-refractivity contribution in [2.45, 2.75) is 6.61 Å². The molecule has 1 amide bonds. The molecule has 5 aromatic rings. The maximum Gasteiger partial charge on any atom is 0.387 e. The van der Waals surface area contributed by atoms with E-state index in [0.29, 0.717) is 11.1 Å². The summed E-state index contributed by atoms with van der Waals surface area (Å²) >= 11 is 0. The summed E-state index contributed by atoms with van der Waals surface area (Å²) < 4.78 is 31.7. The van der Waals surface area contributed by atoms with Crippen molar-refractivity contribution in [3.8, 4) is 22.8 Å². The number of aromatic nitrogens is 5. The monoisotopic (exact) mass is 446 g/mol. The number of amides is 1. The lowest BCUT2D eigenvalue weighted by molar-refractivity contribution is -0.0494. The Morgan fingerprint density at radius 2 is 1.76 bits per heavy atom. The van der Waals surface area contributed by atoms with Gasteiger partial charge in [-0.05, 0) is 48.5 Å². The van der Waals surface area contributed by atoms with Crippen LogP contribution in [-0.2, 0) is 0 Å². The van der Waals surface area contributed by atoms with Gasteiger partial charge in [0.1, 0.15) is 12.1 Å². The number of aromatic amines is 1. The first-order valence-corrected chi connectivity index (χ1v) is 9.89. The van der Waals surface area contributed by atoms with Gasteiger partial charge in [0.2, 0.25) is 5.95 Å². The van der Waals surface area contributed by atoms with Gasteiger partial charge in [0.05, 0.1) is 16.6 Å². The molecule has 0 unspecified atom stereocenters. The van der Waals surface area contributed by atoms with Gasteiger partial charge < -0.3 is 4.74 Å². The minimum absolute atomic E-state index is 0.00605. The van der Waals surface area contributed by atoms with Crippen molar-refractivity contribution in [2.75, 3.05) is 5.32 Å². The Morgan fingerprint density at radius 1 is 1.00 bits per heavy atom. The van der Waals surface area contributed by atoms with Crippen LogP contribution in [0.25, 0.3) is 28.1 Å². The number of H-pyrrole nitrogens is 1. The molecule has 3 aromatic carbocycles. The zero-order valence-corrected chi connectivity index (χ0v) is 16.9. The Balaban J connectivity index is 1.32. The first-order valence-electron chi connectivity index (χ1n) is 9.89. The van der Waals surface area contributed by atoms with Crippen molar-refractivity contribution >= 4 is 22.9 Å². The van der Waals surface area contributed by atoms with E-state index < -0.39 is 12.5 Å². The minimum Gasteiger partial charge on any atom is -0.434 e. The number of ether oxygens (including phenoxy) is 1. The Morgan fingerprint density at radius 3 is 2.58 bits per heavy atom. The fraction of sp³-hybridized carbons (Fsp3) is 0.0435. The normalized spacial score (nSPS) is 11.1. The zero-order valence-electron chi connectivity index (χ0n) is 16.9. The molecular weight excluding hydrogens is 430 g/mol. The van der Waals surface area contributed by atoms with Gasteiger partial charge in [0, 0.05) is 11.3 Å². The van der Waals surface area contributed by atoms with E-state index in [9.17, 15) is 13.6 Å². The van der Waals surface area contributed by atoms with Crippen molar-refractivity contribution in [1.29, 1.82) is 0 Å². The van der Waals surface area contributed by atoms with Crippen LogP contribution < -0.4 is 10.1 Å². The molecule has 0 aliphatic heterocycles. The molecule has 2 heterocycles. The summed E-state index contributed by atoms with van der Waals surface area (Å²) in [7, 11) is 0. The number of rotatable bonds is 6. The number of hydrogen-bond donors (Lipinski definition) is 2. The van der Waals surface area contributed by atoms with Gasteiger partial charge in [-0.3, -0.25) is 19.8 Å². The van der Waals surface area contributed by atoms with Crippen molar-refractivity contribution < 1.29 is 18.3 Å². The van der Waals surface area contributed by atoms with E-state index in [2.05, 4.69) is 30.2 Å². The lowest BCUT2D eigenvalue weighted by atomic mass is 10.2. The molecule has 0 radical (unpaired) electrons. The molecular formula is C23H16F2N6O2. The molecule has 0 atom stereocenters. The van der Waals surface area contributed by atoms with Gasteiger partial charge in [0.15, 0.2) is 5.82 Å². The van der Waals surface area contributed by atoms with Crippen molar-refractivity contribution in [2.24, 2.45) is 0 Å². The molecule has 0 saturated heterocycles. The maximum atomic E-state index is 12.6. The van der Waals surface area contributed by atoms with Crippen LogP contribution in [0.2, 0.25) is 0 Å². The summed E-state index contributed by atoms with van der Waals surface area (Å²) in [5.41, 5.74) is 3.38. The second-order valence-electron chi connectivity index (χ2n) is 6.99. The summed E-state index contributed by atoms with van der Waals surface area (Å²) in [4.78, 5) is 21.2. The average Bonchev–Trinajstić information content (AvgIpc) is 3.46. The number of carbonyl (C=O) groups excluding carboxylic acids is 1. The number of nitrogens with one attached hydrogen (secondary N) is 2. The summed E-state index contributed by atoms with van der Waals surface area (Å²) in [6.45, 7) is -2.98. The number of fused-ring (bicyclic) bond motifs is 1. The smallest absolute Gasteiger partial charge is 0.387 e. The Hall–Kier alpha value is -4.60. The van der Waals surface area contributed by atoms with E-state index in [1.807, 2.05) is 41.0 Å². The number of hydrogen-bond acceptors (Lipinski definition) is 5. The van der Waals surface area contributed by atoms with Crippen LogP contribution in [0.5, 0.6) is 5.75 Å². The van der Waals surface area contributed by atoms with Crippen molar-refractivity contribution in [3.05, 3.63) is 84.7 Å². The van der Waals surface area contributed by atoms with Crippen LogP contribution in [0.4, 0.5) is 14.7 Å². The summed E-state index contributed by atoms with van der Waals surface area (Å²) in [5, 5.41) is 9.17. The van der Waals surface area contributed by atoms with Crippen LogP contribution in [0, 0.1) is 0 Å². The predicted octanol–water partition coefficient (Wildman–Crippen LogP) is 4.66. The molecule has 0 spiro atoms. The number of halogens is 2. The molecule has 2 aromatic heterocycles. The predicted molar refractivity (Wildman–Crippen MR) is 117 cm³/mol. The first kappa shape index (κ1) is 20.3. The first-order chi connectivity index (χ1) is 16.1. The van der Waals surface area contributed by atoms with Crippen LogP contribution >= 0.6 is 0 Å². The zero-order chi connectivity index (χ0) is 22.8. The lowest BCUT2D eigenvalue weighted by Gasteiger charge is -2.08. The summed E-state index contributed by atoms with van der Waals surface area (Å²) in [6.07, 6.45) is 1.73. The van der Waals surface area contributed by atoms with Gasteiger partial charge in [-0.1, -0.05) is 24.3 Å². The SMILES string of the molecule is O=C(Nc1n[nH]c(-c2ccccc2OC(F)F)n1)c1ccc(-n2cnc3ccccc32)cc1. The molecule has 164 valence electrons. The topological polar surface area (TPSA) is 97.7 Å². The summed E-state index contributed by atoms with van der Waals surface area (Å²) in [5.74, 6) is -0.278. The Labute approximate surface area is 185 Å². The molecule has 8 nitrogen and oxygen atoms in total. The Kier molecular flexibility index (Phi) is 5.23. The largest absolute Gasteiger partial charge is 0.434 e. The van der Waals surface area contributed by atoms with Crippen LogP contribution in [0.3, 0.4) is 0 Å². The minimum atomic E-state index is -2.98. The van der Waals surface area contributed by atoms with Crippen molar-refractivity contribution in [3.63, 3.8) is 0 Å². The van der Waals surface area contributed by atoms with Gasteiger partial charge >= 0.3 is 6.61 Å². The van der Waals surface area contributed by atoms with E-state index in [1.165, 1.54) is 6.07 Å².